The second-order valence-corrected chi connectivity index (χ2v) is 5.25. The van der Waals surface area contributed by atoms with Gasteiger partial charge < -0.3 is 14.0 Å². The van der Waals surface area contributed by atoms with Crippen LogP contribution >= 0.6 is 0 Å². The molecule has 0 N–H and O–H groups in total. The van der Waals surface area contributed by atoms with Crippen LogP contribution in [0.1, 0.15) is 40.5 Å². The van der Waals surface area contributed by atoms with E-state index in [1.165, 1.54) is 0 Å². The first-order chi connectivity index (χ1) is 6.92. The Hall–Kier alpha value is -0.475. The molecule has 1 fully saturated rings. The van der Waals surface area contributed by atoms with Crippen LogP contribution in [0.5, 0.6) is 0 Å². The lowest BCUT2D eigenvalue weighted by Crippen LogP contribution is -2.41. The first kappa shape index (κ1) is 11.0. The number of hydrogen-bond acceptors (Lipinski definition) is 3. The number of allylic oxidation sites excluding steroid dienone is 1. The summed E-state index contributed by atoms with van der Waals surface area (Å²) in [6.45, 7) is 8.24. The van der Waals surface area contributed by atoms with E-state index in [4.69, 9.17) is 14.0 Å². The smallest absolute Gasteiger partial charge is 0.500 e. The van der Waals surface area contributed by atoms with Crippen LogP contribution in [0.25, 0.3) is 0 Å². The van der Waals surface area contributed by atoms with Crippen LogP contribution in [-0.2, 0) is 14.0 Å². The molecule has 15 heavy (non-hydrogen) atoms. The lowest BCUT2D eigenvalue weighted by Gasteiger charge is -2.32. The minimum Gasteiger partial charge on any atom is -0.500 e. The van der Waals surface area contributed by atoms with Crippen LogP contribution in [0.15, 0.2) is 12.3 Å². The molecule has 2 aliphatic heterocycles. The highest BCUT2D eigenvalue weighted by Gasteiger charge is 2.54. The van der Waals surface area contributed by atoms with Crippen molar-refractivity contribution in [3.05, 3.63) is 12.3 Å². The maximum Gasteiger partial charge on any atom is 0.501 e. The molecule has 0 aromatic heterocycles. The molecule has 0 aromatic carbocycles. The molecule has 1 atom stereocenters. The van der Waals surface area contributed by atoms with Gasteiger partial charge in [-0.1, -0.05) is 0 Å². The van der Waals surface area contributed by atoms with Gasteiger partial charge in [0.15, 0.2) is 0 Å². The van der Waals surface area contributed by atoms with E-state index in [9.17, 15) is 0 Å². The molecular formula is C11H19BO3. The Kier molecular flexibility index (Phi) is 2.59. The molecule has 0 spiro atoms. The summed E-state index contributed by atoms with van der Waals surface area (Å²) in [4.78, 5) is 0. The normalized spacial score (nSPS) is 32.8. The SMILES string of the molecule is CC1(C)OB(C2CCC=CO2)OC1(C)C. The zero-order valence-electron chi connectivity index (χ0n) is 9.95. The summed E-state index contributed by atoms with van der Waals surface area (Å²) in [6, 6.07) is 0.0380. The zero-order chi connectivity index (χ0) is 11.1. The Morgan fingerprint density at radius 1 is 1.13 bits per heavy atom. The van der Waals surface area contributed by atoms with E-state index >= 15 is 0 Å². The lowest BCUT2D eigenvalue weighted by atomic mass is 9.77. The zero-order valence-corrected chi connectivity index (χ0v) is 9.95. The maximum atomic E-state index is 5.92. The van der Waals surface area contributed by atoms with Crippen molar-refractivity contribution in [2.24, 2.45) is 0 Å². The summed E-state index contributed by atoms with van der Waals surface area (Å²) >= 11 is 0. The molecule has 1 unspecified atom stereocenters. The molecule has 4 heteroatoms. The van der Waals surface area contributed by atoms with E-state index < -0.39 is 0 Å². The van der Waals surface area contributed by atoms with Gasteiger partial charge >= 0.3 is 7.12 Å². The molecular weight excluding hydrogens is 191 g/mol. The van der Waals surface area contributed by atoms with Gasteiger partial charge in [0.05, 0.1) is 17.5 Å². The lowest BCUT2D eigenvalue weighted by molar-refractivity contribution is 0.00578. The van der Waals surface area contributed by atoms with Crippen molar-refractivity contribution < 1.29 is 14.0 Å². The molecule has 84 valence electrons. The maximum absolute atomic E-state index is 5.92. The van der Waals surface area contributed by atoms with Gasteiger partial charge in [0, 0.05) is 0 Å². The van der Waals surface area contributed by atoms with Crippen LogP contribution in [-0.4, -0.2) is 24.3 Å². The molecule has 1 saturated heterocycles. The van der Waals surface area contributed by atoms with E-state index in [0.29, 0.717) is 0 Å². The van der Waals surface area contributed by atoms with Crippen LogP contribution < -0.4 is 0 Å². The predicted molar refractivity (Wildman–Crippen MR) is 59.3 cm³/mol. The van der Waals surface area contributed by atoms with Gasteiger partial charge in [-0.25, -0.2) is 0 Å². The van der Waals surface area contributed by atoms with Crippen molar-refractivity contribution in [1.82, 2.24) is 0 Å². The highest BCUT2D eigenvalue weighted by molar-refractivity contribution is 6.47. The minimum absolute atomic E-state index is 0.0380. The number of ether oxygens (including phenoxy) is 1. The molecule has 0 radical (unpaired) electrons. The van der Waals surface area contributed by atoms with E-state index in [2.05, 4.69) is 27.7 Å². The Labute approximate surface area is 91.9 Å². The molecule has 2 aliphatic rings. The average molecular weight is 210 g/mol. The summed E-state index contributed by atoms with van der Waals surface area (Å²) < 4.78 is 17.4. The van der Waals surface area contributed by atoms with Crippen LogP contribution in [0.3, 0.4) is 0 Å². The van der Waals surface area contributed by atoms with Gasteiger partial charge in [-0.15, -0.1) is 0 Å². The van der Waals surface area contributed by atoms with Crippen LogP contribution in [0.2, 0.25) is 0 Å². The fourth-order valence-electron chi connectivity index (χ4n) is 1.79. The van der Waals surface area contributed by atoms with Crippen molar-refractivity contribution in [1.29, 1.82) is 0 Å². The highest BCUT2D eigenvalue weighted by atomic mass is 16.7. The van der Waals surface area contributed by atoms with Crippen molar-refractivity contribution >= 4 is 7.12 Å². The fourth-order valence-corrected chi connectivity index (χ4v) is 1.79. The van der Waals surface area contributed by atoms with Crippen molar-refractivity contribution in [2.75, 3.05) is 0 Å². The Bertz CT molecular complexity index is 257. The Morgan fingerprint density at radius 3 is 2.20 bits per heavy atom. The van der Waals surface area contributed by atoms with Crippen molar-refractivity contribution in [2.45, 2.75) is 57.7 Å². The van der Waals surface area contributed by atoms with Crippen molar-refractivity contribution in [3.8, 4) is 0 Å². The topological polar surface area (TPSA) is 27.7 Å². The largest absolute Gasteiger partial charge is 0.501 e. The molecule has 0 saturated carbocycles. The predicted octanol–water partition coefficient (Wildman–Crippen LogP) is 2.31. The van der Waals surface area contributed by atoms with E-state index in [1.807, 2.05) is 6.08 Å². The monoisotopic (exact) mass is 210 g/mol. The van der Waals surface area contributed by atoms with Crippen molar-refractivity contribution in [3.63, 3.8) is 0 Å². The van der Waals surface area contributed by atoms with Gasteiger partial charge in [0.25, 0.3) is 0 Å². The van der Waals surface area contributed by atoms with Crippen LogP contribution in [0.4, 0.5) is 0 Å². The molecule has 0 aromatic rings. The highest BCUT2D eigenvalue weighted by Crippen LogP contribution is 2.38. The average Bonchev–Trinajstić information content (AvgIpc) is 2.38. The molecule has 0 aliphatic carbocycles. The van der Waals surface area contributed by atoms with Gasteiger partial charge in [0.1, 0.15) is 6.00 Å². The first-order valence-corrected chi connectivity index (χ1v) is 5.58. The quantitative estimate of drug-likeness (QED) is 0.621. The summed E-state index contributed by atoms with van der Waals surface area (Å²) in [5.74, 6) is 0. The molecule has 2 rings (SSSR count). The molecule has 0 amide bonds. The summed E-state index contributed by atoms with van der Waals surface area (Å²) in [7, 11) is -0.236. The van der Waals surface area contributed by atoms with Gasteiger partial charge in [-0.3, -0.25) is 0 Å². The fraction of sp³-hybridized carbons (Fsp3) is 0.818. The standard InChI is InChI=1S/C11H19BO3/c1-10(2)11(3,4)15-12(14-10)9-7-5-6-8-13-9/h6,8-9H,5,7H2,1-4H3. The van der Waals surface area contributed by atoms with Gasteiger partial charge in [0.2, 0.25) is 0 Å². The van der Waals surface area contributed by atoms with Crippen LogP contribution in [0, 0.1) is 0 Å². The van der Waals surface area contributed by atoms with Gasteiger partial charge in [-0.05, 0) is 46.6 Å². The summed E-state index contributed by atoms with van der Waals surface area (Å²) in [5, 5.41) is 0. The molecule has 2 heterocycles. The Morgan fingerprint density at radius 2 is 1.73 bits per heavy atom. The third-order valence-corrected chi connectivity index (χ3v) is 3.54. The van der Waals surface area contributed by atoms with E-state index in [0.717, 1.165) is 12.8 Å². The molecule has 3 nitrogen and oxygen atoms in total. The first-order valence-electron chi connectivity index (χ1n) is 5.58. The van der Waals surface area contributed by atoms with E-state index in [1.54, 1.807) is 6.26 Å². The minimum atomic E-state index is -0.262. The number of rotatable bonds is 1. The Balaban J connectivity index is 2.05. The van der Waals surface area contributed by atoms with Gasteiger partial charge in [-0.2, -0.15) is 0 Å². The number of hydrogen-bond donors (Lipinski definition) is 0. The summed E-state index contributed by atoms with van der Waals surface area (Å²) in [6.07, 6.45) is 5.78. The second-order valence-electron chi connectivity index (χ2n) is 5.25. The second kappa shape index (κ2) is 3.53. The summed E-state index contributed by atoms with van der Waals surface area (Å²) in [5.41, 5.74) is -0.523. The third kappa shape index (κ3) is 1.93. The third-order valence-electron chi connectivity index (χ3n) is 3.54. The molecule has 0 bridgehead atoms. The van der Waals surface area contributed by atoms with E-state index in [-0.39, 0.29) is 24.3 Å².